The molecule has 1 saturated carbocycles. The fourth-order valence-electron chi connectivity index (χ4n) is 4.87. The lowest BCUT2D eigenvalue weighted by molar-refractivity contribution is -0.141. The van der Waals surface area contributed by atoms with Gasteiger partial charge in [0.2, 0.25) is 21.8 Å². The Morgan fingerprint density at radius 1 is 1.03 bits per heavy atom. The number of hydrogen-bond acceptors (Lipinski definition) is 4. The summed E-state index contributed by atoms with van der Waals surface area (Å²) < 4.78 is 26.2. The number of hydrogen-bond donors (Lipinski definition) is 1. The van der Waals surface area contributed by atoms with Crippen LogP contribution >= 0.6 is 11.6 Å². The van der Waals surface area contributed by atoms with Gasteiger partial charge in [0.25, 0.3) is 0 Å². The molecule has 0 spiro atoms. The summed E-state index contributed by atoms with van der Waals surface area (Å²) in [6.45, 7) is 2.50. The largest absolute Gasteiger partial charge is 0.352 e. The smallest absolute Gasteiger partial charge is 0.243 e. The van der Waals surface area contributed by atoms with Crippen molar-refractivity contribution in [3.8, 4) is 0 Å². The molecule has 1 fully saturated rings. The van der Waals surface area contributed by atoms with Crippen LogP contribution in [0.15, 0.2) is 54.6 Å². The number of benzene rings is 2. The van der Waals surface area contributed by atoms with Crippen molar-refractivity contribution in [1.82, 2.24) is 10.2 Å². The van der Waals surface area contributed by atoms with Gasteiger partial charge in [-0.15, -0.1) is 0 Å². The van der Waals surface area contributed by atoms with Gasteiger partial charge in [-0.25, -0.2) is 8.42 Å². The average Bonchev–Trinajstić information content (AvgIpc) is 3.38. The number of sulfonamides is 1. The van der Waals surface area contributed by atoms with E-state index < -0.39 is 16.1 Å². The normalized spacial score (nSPS) is 14.8. The highest BCUT2D eigenvalue weighted by molar-refractivity contribution is 7.92. The molecular formula is C28H38ClN3O4S. The molecule has 0 radical (unpaired) electrons. The maximum Gasteiger partial charge on any atom is 0.243 e. The molecule has 2 amide bonds. The second-order valence-electron chi connectivity index (χ2n) is 9.65. The number of halogens is 1. The fraction of sp³-hybridized carbons (Fsp3) is 0.500. The van der Waals surface area contributed by atoms with E-state index in [1.165, 1.54) is 4.31 Å². The molecule has 0 saturated heterocycles. The Hall–Kier alpha value is -2.58. The van der Waals surface area contributed by atoms with Gasteiger partial charge < -0.3 is 10.2 Å². The number of rotatable bonds is 13. The van der Waals surface area contributed by atoms with Crippen LogP contribution in [-0.4, -0.2) is 56.6 Å². The first-order valence-electron chi connectivity index (χ1n) is 13.1. The molecule has 0 aromatic heterocycles. The molecule has 1 aliphatic rings. The van der Waals surface area contributed by atoms with Gasteiger partial charge in [-0.05, 0) is 61.9 Å². The van der Waals surface area contributed by atoms with E-state index in [2.05, 4.69) is 5.32 Å². The van der Waals surface area contributed by atoms with E-state index in [4.69, 9.17) is 11.6 Å². The highest BCUT2D eigenvalue weighted by atomic mass is 35.5. The van der Waals surface area contributed by atoms with Crippen molar-refractivity contribution < 1.29 is 18.0 Å². The maximum absolute atomic E-state index is 13.5. The molecule has 2 aromatic rings. The van der Waals surface area contributed by atoms with Crippen molar-refractivity contribution >= 4 is 39.1 Å². The van der Waals surface area contributed by atoms with Crippen LogP contribution < -0.4 is 9.62 Å². The summed E-state index contributed by atoms with van der Waals surface area (Å²) >= 11 is 5.96. The molecule has 9 heteroatoms. The molecule has 3 rings (SSSR count). The molecule has 37 heavy (non-hydrogen) atoms. The van der Waals surface area contributed by atoms with Crippen LogP contribution in [0.3, 0.4) is 0 Å². The zero-order chi connectivity index (χ0) is 26.8. The topological polar surface area (TPSA) is 86.8 Å². The Balaban J connectivity index is 1.70. The summed E-state index contributed by atoms with van der Waals surface area (Å²) in [6, 6.07) is 16.1. The van der Waals surface area contributed by atoms with Crippen molar-refractivity contribution in [2.45, 2.75) is 70.4 Å². The van der Waals surface area contributed by atoms with Gasteiger partial charge in [-0.2, -0.15) is 0 Å². The van der Waals surface area contributed by atoms with Gasteiger partial charge in [-0.1, -0.05) is 61.7 Å². The molecule has 202 valence electrons. The Bertz CT molecular complexity index is 1120. The number of carbonyl (C=O) groups is 2. The van der Waals surface area contributed by atoms with Crippen LogP contribution in [-0.2, 0) is 26.0 Å². The Kier molecular flexibility index (Phi) is 10.8. The molecule has 1 unspecified atom stereocenters. The number of amides is 2. The van der Waals surface area contributed by atoms with Crippen LogP contribution in [0.4, 0.5) is 5.69 Å². The average molecular weight is 548 g/mol. The first kappa shape index (κ1) is 29.0. The lowest BCUT2D eigenvalue weighted by Gasteiger charge is -2.32. The Morgan fingerprint density at radius 2 is 1.68 bits per heavy atom. The van der Waals surface area contributed by atoms with Crippen molar-refractivity contribution in [3.05, 3.63) is 65.2 Å². The maximum atomic E-state index is 13.5. The van der Waals surface area contributed by atoms with E-state index >= 15 is 0 Å². The minimum absolute atomic E-state index is 0.102. The third-order valence-corrected chi connectivity index (χ3v) is 8.28. The zero-order valence-corrected chi connectivity index (χ0v) is 23.3. The van der Waals surface area contributed by atoms with Crippen molar-refractivity contribution in [1.29, 1.82) is 0 Å². The third-order valence-electron chi connectivity index (χ3n) is 6.84. The van der Waals surface area contributed by atoms with Crippen LogP contribution in [0.1, 0.15) is 57.4 Å². The molecule has 1 aliphatic carbocycles. The molecule has 0 heterocycles. The molecule has 2 aromatic carbocycles. The van der Waals surface area contributed by atoms with Gasteiger partial charge in [0.15, 0.2) is 0 Å². The first-order valence-corrected chi connectivity index (χ1v) is 15.3. The second-order valence-corrected chi connectivity index (χ2v) is 12.0. The van der Waals surface area contributed by atoms with Crippen molar-refractivity contribution in [3.63, 3.8) is 0 Å². The molecule has 0 aliphatic heterocycles. The summed E-state index contributed by atoms with van der Waals surface area (Å²) in [5, 5.41) is 3.67. The monoisotopic (exact) mass is 547 g/mol. The van der Waals surface area contributed by atoms with E-state index in [0.717, 1.165) is 37.5 Å². The molecule has 1 atom stereocenters. The summed E-state index contributed by atoms with van der Waals surface area (Å²) in [4.78, 5) is 28.4. The van der Waals surface area contributed by atoms with Crippen LogP contribution in [0.5, 0.6) is 0 Å². The first-order chi connectivity index (χ1) is 17.7. The van der Waals surface area contributed by atoms with Crippen molar-refractivity contribution in [2.24, 2.45) is 0 Å². The summed E-state index contributed by atoms with van der Waals surface area (Å²) in [5.74, 6) is -0.247. The number of anilines is 1. The second kappa shape index (κ2) is 13.8. The minimum Gasteiger partial charge on any atom is -0.352 e. The Morgan fingerprint density at radius 3 is 2.27 bits per heavy atom. The quantitative estimate of drug-likeness (QED) is 0.390. The van der Waals surface area contributed by atoms with E-state index in [1.807, 2.05) is 37.3 Å². The van der Waals surface area contributed by atoms with E-state index in [-0.39, 0.29) is 30.8 Å². The van der Waals surface area contributed by atoms with Gasteiger partial charge in [0.1, 0.15) is 6.04 Å². The summed E-state index contributed by atoms with van der Waals surface area (Å²) in [7, 11) is -3.54. The van der Waals surface area contributed by atoms with Gasteiger partial charge >= 0.3 is 0 Å². The van der Waals surface area contributed by atoms with Crippen LogP contribution in [0, 0.1) is 0 Å². The SMILES string of the molecule is CCC(C(=O)NC1CCCC1)N(CCc1ccccc1)C(=O)CCCN(c1ccc(Cl)cc1)S(C)(=O)=O. The lowest BCUT2D eigenvalue weighted by Crippen LogP contribution is -2.52. The zero-order valence-electron chi connectivity index (χ0n) is 21.7. The molecule has 7 nitrogen and oxygen atoms in total. The summed E-state index contributed by atoms with van der Waals surface area (Å²) in [5.41, 5.74) is 1.60. The van der Waals surface area contributed by atoms with E-state index in [1.54, 1.807) is 29.2 Å². The highest BCUT2D eigenvalue weighted by Gasteiger charge is 2.30. The molecule has 1 N–H and O–H groups in total. The van der Waals surface area contributed by atoms with Gasteiger partial charge in [0.05, 0.1) is 11.9 Å². The van der Waals surface area contributed by atoms with Crippen molar-refractivity contribution in [2.75, 3.05) is 23.7 Å². The standard InChI is InChI=1S/C28H38ClN3O4S/c1-3-26(28(34)30-24-12-7-8-13-24)31(21-19-22-10-5-4-6-11-22)27(33)14-9-20-32(37(2,35)36)25-17-15-23(29)16-18-25/h4-6,10-11,15-18,24,26H,3,7-9,12-14,19-21H2,1-2H3,(H,30,34). The third kappa shape index (κ3) is 8.75. The van der Waals surface area contributed by atoms with Gasteiger partial charge in [-0.3, -0.25) is 13.9 Å². The number of nitrogens with zero attached hydrogens (tertiary/aromatic N) is 2. The van der Waals surface area contributed by atoms with Gasteiger partial charge in [0, 0.05) is 30.6 Å². The van der Waals surface area contributed by atoms with Crippen LogP contribution in [0.2, 0.25) is 5.02 Å². The Labute approximate surface area is 226 Å². The van der Waals surface area contributed by atoms with E-state index in [0.29, 0.717) is 36.5 Å². The van der Waals surface area contributed by atoms with E-state index in [9.17, 15) is 18.0 Å². The molecule has 0 bridgehead atoms. The highest BCUT2D eigenvalue weighted by Crippen LogP contribution is 2.22. The predicted molar refractivity (Wildman–Crippen MR) is 149 cm³/mol. The molecular weight excluding hydrogens is 510 g/mol. The number of carbonyl (C=O) groups excluding carboxylic acids is 2. The lowest BCUT2D eigenvalue weighted by atomic mass is 10.1. The minimum atomic E-state index is -3.54. The predicted octanol–water partition coefficient (Wildman–Crippen LogP) is 4.79. The number of nitrogens with one attached hydrogen (secondary N) is 1. The van der Waals surface area contributed by atoms with Crippen LogP contribution in [0.25, 0.3) is 0 Å². The summed E-state index contributed by atoms with van der Waals surface area (Å²) in [6.07, 6.45) is 6.96. The fourth-order valence-corrected chi connectivity index (χ4v) is 5.97.